The van der Waals surface area contributed by atoms with E-state index >= 15 is 0 Å². The van der Waals surface area contributed by atoms with E-state index in [1.165, 1.54) is 11.1 Å². The van der Waals surface area contributed by atoms with Gasteiger partial charge in [0.25, 0.3) is 0 Å². The zero-order valence-electron chi connectivity index (χ0n) is 15.5. The van der Waals surface area contributed by atoms with Crippen molar-refractivity contribution >= 4 is 11.8 Å². The third kappa shape index (κ3) is 4.65. The molecule has 3 aromatic rings. The average molecular weight is 360 g/mol. The standard InChI is InChI=1S/C21H24N6/c1-16-4-2-5-17(12-16)15-27-10-6-18(7-11-27)19-13-22-14-20(25-19)26-21-23-8-3-9-24-21/h2-5,8-9,12-14,18H,6-7,10-11,15H2,1H3,(H,23,24,25,26). The molecule has 138 valence electrons. The largest absolute Gasteiger partial charge is 0.307 e. The zero-order valence-corrected chi connectivity index (χ0v) is 15.5. The summed E-state index contributed by atoms with van der Waals surface area (Å²) in [6, 6.07) is 10.6. The fourth-order valence-electron chi connectivity index (χ4n) is 3.57. The summed E-state index contributed by atoms with van der Waals surface area (Å²) >= 11 is 0. The molecule has 0 bridgehead atoms. The van der Waals surface area contributed by atoms with E-state index in [0.717, 1.165) is 38.2 Å². The van der Waals surface area contributed by atoms with Crippen LogP contribution >= 0.6 is 0 Å². The summed E-state index contributed by atoms with van der Waals surface area (Å²) in [6.45, 7) is 5.34. The summed E-state index contributed by atoms with van der Waals surface area (Å²) < 4.78 is 0. The second-order valence-electron chi connectivity index (χ2n) is 7.07. The van der Waals surface area contributed by atoms with Gasteiger partial charge in [-0.05, 0) is 44.5 Å². The summed E-state index contributed by atoms with van der Waals surface area (Å²) in [5.74, 6) is 1.68. The summed E-state index contributed by atoms with van der Waals surface area (Å²) in [4.78, 5) is 20.0. The Morgan fingerprint density at radius 1 is 1.07 bits per heavy atom. The highest BCUT2D eigenvalue weighted by molar-refractivity contribution is 5.45. The summed E-state index contributed by atoms with van der Waals surface area (Å²) in [7, 11) is 0. The van der Waals surface area contributed by atoms with Crippen molar-refractivity contribution in [2.45, 2.75) is 32.2 Å². The molecule has 0 radical (unpaired) electrons. The number of rotatable bonds is 5. The Balaban J connectivity index is 1.36. The molecule has 1 aliphatic rings. The normalized spacial score (nSPS) is 15.6. The predicted octanol–water partition coefficient (Wildman–Crippen LogP) is 3.70. The SMILES string of the molecule is Cc1cccc(CN2CCC(c3cncc(Nc4ncccn4)n3)CC2)c1. The number of anilines is 2. The van der Waals surface area contributed by atoms with Crippen LogP contribution in [0.4, 0.5) is 11.8 Å². The monoisotopic (exact) mass is 360 g/mol. The maximum atomic E-state index is 4.74. The van der Waals surface area contributed by atoms with Crippen molar-refractivity contribution in [1.82, 2.24) is 24.8 Å². The van der Waals surface area contributed by atoms with E-state index in [1.54, 1.807) is 24.7 Å². The fourth-order valence-corrected chi connectivity index (χ4v) is 3.57. The third-order valence-corrected chi connectivity index (χ3v) is 4.95. The van der Waals surface area contributed by atoms with Gasteiger partial charge < -0.3 is 5.32 Å². The van der Waals surface area contributed by atoms with Crippen LogP contribution in [-0.4, -0.2) is 37.9 Å². The van der Waals surface area contributed by atoms with Crippen LogP contribution < -0.4 is 5.32 Å². The molecule has 0 aliphatic carbocycles. The summed E-state index contributed by atoms with van der Waals surface area (Å²) in [5.41, 5.74) is 3.76. The molecule has 27 heavy (non-hydrogen) atoms. The molecule has 0 saturated carbocycles. The Labute approximate surface area is 159 Å². The molecule has 1 fully saturated rings. The van der Waals surface area contributed by atoms with Gasteiger partial charge >= 0.3 is 0 Å². The molecule has 1 N–H and O–H groups in total. The van der Waals surface area contributed by atoms with Gasteiger partial charge in [-0.15, -0.1) is 0 Å². The van der Waals surface area contributed by atoms with Crippen molar-refractivity contribution in [3.05, 3.63) is 71.9 Å². The van der Waals surface area contributed by atoms with Gasteiger partial charge in [-0.3, -0.25) is 9.88 Å². The lowest BCUT2D eigenvalue weighted by Gasteiger charge is -2.31. The van der Waals surface area contributed by atoms with Crippen molar-refractivity contribution in [3.8, 4) is 0 Å². The predicted molar refractivity (Wildman–Crippen MR) is 106 cm³/mol. The minimum atomic E-state index is 0.449. The Morgan fingerprint density at radius 3 is 2.67 bits per heavy atom. The van der Waals surface area contributed by atoms with E-state index < -0.39 is 0 Å². The number of likely N-dealkylation sites (tertiary alicyclic amines) is 1. The van der Waals surface area contributed by atoms with Gasteiger partial charge in [0.05, 0.1) is 11.9 Å². The van der Waals surface area contributed by atoms with Crippen LogP contribution in [0.1, 0.15) is 35.6 Å². The second kappa shape index (κ2) is 8.22. The van der Waals surface area contributed by atoms with Crippen LogP contribution in [0.5, 0.6) is 0 Å². The first-order valence-corrected chi connectivity index (χ1v) is 9.40. The number of aromatic nitrogens is 4. The van der Waals surface area contributed by atoms with Gasteiger partial charge in [0, 0.05) is 31.1 Å². The van der Waals surface area contributed by atoms with Gasteiger partial charge in [-0.2, -0.15) is 0 Å². The van der Waals surface area contributed by atoms with Crippen LogP contribution in [0.15, 0.2) is 55.1 Å². The highest BCUT2D eigenvalue weighted by atomic mass is 15.1. The molecule has 6 nitrogen and oxygen atoms in total. The van der Waals surface area contributed by atoms with Crippen molar-refractivity contribution in [2.75, 3.05) is 18.4 Å². The number of hydrogen-bond acceptors (Lipinski definition) is 6. The lowest BCUT2D eigenvalue weighted by molar-refractivity contribution is 0.203. The van der Waals surface area contributed by atoms with Gasteiger partial charge in [-0.1, -0.05) is 29.8 Å². The molecule has 1 aromatic carbocycles. The van der Waals surface area contributed by atoms with Crippen LogP contribution in [0, 0.1) is 6.92 Å². The average Bonchev–Trinajstić information content (AvgIpc) is 2.70. The molecule has 1 saturated heterocycles. The Bertz CT molecular complexity index is 875. The summed E-state index contributed by atoms with van der Waals surface area (Å²) in [5, 5.41) is 3.12. The first-order valence-electron chi connectivity index (χ1n) is 9.40. The van der Waals surface area contributed by atoms with Crippen LogP contribution in [-0.2, 0) is 6.54 Å². The maximum Gasteiger partial charge on any atom is 0.228 e. The first-order chi connectivity index (χ1) is 13.3. The lowest BCUT2D eigenvalue weighted by atomic mass is 9.93. The van der Waals surface area contributed by atoms with E-state index in [2.05, 4.69) is 56.4 Å². The van der Waals surface area contributed by atoms with Gasteiger partial charge in [0.15, 0.2) is 5.82 Å². The topological polar surface area (TPSA) is 66.8 Å². The zero-order chi connectivity index (χ0) is 18.5. The molecular weight excluding hydrogens is 336 g/mol. The Morgan fingerprint density at radius 2 is 1.89 bits per heavy atom. The van der Waals surface area contributed by atoms with Crippen molar-refractivity contribution in [1.29, 1.82) is 0 Å². The molecule has 2 aromatic heterocycles. The van der Waals surface area contributed by atoms with Crippen molar-refractivity contribution in [2.24, 2.45) is 0 Å². The highest BCUT2D eigenvalue weighted by Crippen LogP contribution is 2.28. The molecule has 0 unspecified atom stereocenters. The number of benzene rings is 1. The van der Waals surface area contributed by atoms with Gasteiger partial charge in [0.2, 0.25) is 5.95 Å². The fraction of sp³-hybridized carbons (Fsp3) is 0.333. The molecule has 1 aliphatic heterocycles. The van der Waals surface area contributed by atoms with E-state index in [4.69, 9.17) is 4.98 Å². The highest BCUT2D eigenvalue weighted by Gasteiger charge is 2.22. The Hall–Kier alpha value is -2.86. The molecule has 0 spiro atoms. The smallest absolute Gasteiger partial charge is 0.228 e. The van der Waals surface area contributed by atoms with Crippen LogP contribution in [0.2, 0.25) is 0 Å². The molecule has 3 heterocycles. The summed E-state index contributed by atoms with van der Waals surface area (Å²) in [6.07, 6.45) is 9.22. The molecule has 6 heteroatoms. The van der Waals surface area contributed by atoms with E-state index in [1.807, 2.05) is 6.20 Å². The Kier molecular flexibility index (Phi) is 5.34. The molecule has 0 atom stereocenters. The number of nitrogens with zero attached hydrogens (tertiary/aromatic N) is 5. The minimum Gasteiger partial charge on any atom is -0.307 e. The molecule has 0 amide bonds. The second-order valence-corrected chi connectivity index (χ2v) is 7.07. The minimum absolute atomic E-state index is 0.449. The molecular formula is C21H24N6. The first kappa shape index (κ1) is 17.5. The number of piperidine rings is 1. The van der Waals surface area contributed by atoms with E-state index in [0.29, 0.717) is 17.7 Å². The van der Waals surface area contributed by atoms with Crippen molar-refractivity contribution in [3.63, 3.8) is 0 Å². The van der Waals surface area contributed by atoms with Crippen molar-refractivity contribution < 1.29 is 0 Å². The molecule has 4 rings (SSSR count). The van der Waals surface area contributed by atoms with Gasteiger partial charge in [-0.25, -0.2) is 15.0 Å². The van der Waals surface area contributed by atoms with E-state index in [-0.39, 0.29) is 0 Å². The maximum absolute atomic E-state index is 4.74. The van der Waals surface area contributed by atoms with E-state index in [9.17, 15) is 0 Å². The van der Waals surface area contributed by atoms with Crippen LogP contribution in [0.25, 0.3) is 0 Å². The number of hydrogen-bond donors (Lipinski definition) is 1. The van der Waals surface area contributed by atoms with Crippen LogP contribution in [0.3, 0.4) is 0 Å². The quantitative estimate of drug-likeness (QED) is 0.748. The van der Waals surface area contributed by atoms with Gasteiger partial charge in [0.1, 0.15) is 0 Å². The number of aryl methyl sites for hydroxylation is 1. The lowest BCUT2D eigenvalue weighted by Crippen LogP contribution is -2.32. The number of nitrogens with one attached hydrogen (secondary N) is 1. The third-order valence-electron chi connectivity index (χ3n) is 4.95.